The first-order valence-electron chi connectivity index (χ1n) is 4.40. The van der Waals surface area contributed by atoms with Crippen LogP contribution in [0, 0.1) is 11.3 Å². The summed E-state index contributed by atoms with van der Waals surface area (Å²) in [4.78, 5) is 0. The number of aryl methyl sites for hydroxylation is 1. The lowest BCUT2D eigenvalue weighted by Gasteiger charge is -2.00. The van der Waals surface area contributed by atoms with Crippen LogP contribution in [0.5, 0.6) is 5.06 Å². The van der Waals surface area contributed by atoms with Crippen molar-refractivity contribution in [2.45, 2.75) is 13.3 Å². The lowest BCUT2D eigenvalue weighted by atomic mass is 10.0. The van der Waals surface area contributed by atoms with Crippen molar-refractivity contribution in [2.24, 2.45) is 0 Å². The molecule has 1 heterocycles. The Bertz CT molecular complexity index is 522. The Morgan fingerprint density at radius 3 is 2.93 bits per heavy atom. The maximum Gasteiger partial charge on any atom is 0.172 e. The summed E-state index contributed by atoms with van der Waals surface area (Å²) < 4.78 is 1.03. The predicted octanol–water partition coefficient (Wildman–Crippen LogP) is 3.04. The fourth-order valence-electron chi connectivity index (χ4n) is 1.60. The molecule has 2 aromatic rings. The van der Waals surface area contributed by atoms with Gasteiger partial charge in [-0.25, -0.2) is 0 Å². The second-order valence-electron chi connectivity index (χ2n) is 3.06. The van der Waals surface area contributed by atoms with E-state index in [-0.39, 0.29) is 0 Å². The maximum absolute atomic E-state index is 9.38. The first-order valence-corrected chi connectivity index (χ1v) is 5.22. The van der Waals surface area contributed by atoms with E-state index in [9.17, 15) is 5.11 Å². The zero-order valence-corrected chi connectivity index (χ0v) is 8.56. The summed E-state index contributed by atoms with van der Waals surface area (Å²) in [6.07, 6.45) is 0.820. The van der Waals surface area contributed by atoms with Gasteiger partial charge in [-0.2, -0.15) is 5.26 Å². The molecular weight excluding hydrogens is 194 g/mol. The number of thiophene rings is 1. The van der Waals surface area contributed by atoms with Crippen LogP contribution in [0.4, 0.5) is 0 Å². The van der Waals surface area contributed by atoms with Crippen LogP contribution in [-0.2, 0) is 6.42 Å². The topological polar surface area (TPSA) is 44.0 Å². The molecule has 14 heavy (non-hydrogen) atoms. The van der Waals surface area contributed by atoms with E-state index in [1.807, 2.05) is 19.1 Å². The third-order valence-corrected chi connectivity index (χ3v) is 3.26. The number of hydrogen-bond acceptors (Lipinski definition) is 3. The molecule has 0 aliphatic carbocycles. The van der Waals surface area contributed by atoms with E-state index in [1.54, 1.807) is 6.07 Å². The van der Waals surface area contributed by atoms with Gasteiger partial charge in [-0.05, 0) is 29.5 Å². The van der Waals surface area contributed by atoms with E-state index in [0.29, 0.717) is 10.6 Å². The van der Waals surface area contributed by atoms with Crippen molar-refractivity contribution in [3.8, 4) is 11.1 Å². The lowest BCUT2D eigenvalue weighted by molar-refractivity contribution is 0.491. The molecule has 0 aliphatic heterocycles. The van der Waals surface area contributed by atoms with Gasteiger partial charge in [0.15, 0.2) is 5.06 Å². The van der Waals surface area contributed by atoms with Crippen LogP contribution in [0.25, 0.3) is 10.1 Å². The Hall–Kier alpha value is -1.53. The third-order valence-electron chi connectivity index (χ3n) is 2.25. The average Bonchev–Trinajstić information content (AvgIpc) is 2.56. The summed E-state index contributed by atoms with van der Waals surface area (Å²) in [5, 5.41) is 19.6. The monoisotopic (exact) mass is 203 g/mol. The van der Waals surface area contributed by atoms with Gasteiger partial charge in [-0.1, -0.05) is 24.3 Å². The largest absolute Gasteiger partial charge is 0.499 e. The van der Waals surface area contributed by atoms with Crippen LogP contribution in [0.2, 0.25) is 0 Å². The molecule has 0 amide bonds. The van der Waals surface area contributed by atoms with E-state index in [1.165, 1.54) is 11.3 Å². The van der Waals surface area contributed by atoms with Gasteiger partial charge in [-0.15, -0.1) is 0 Å². The quantitative estimate of drug-likeness (QED) is 0.774. The molecule has 2 rings (SSSR count). The first-order chi connectivity index (χ1) is 6.76. The van der Waals surface area contributed by atoms with Gasteiger partial charge in [0.25, 0.3) is 0 Å². The highest BCUT2D eigenvalue weighted by atomic mass is 32.1. The van der Waals surface area contributed by atoms with E-state index in [0.717, 1.165) is 22.1 Å². The fraction of sp³-hybridized carbons (Fsp3) is 0.182. The van der Waals surface area contributed by atoms with Crippen LogP contribution in [0.3, 0.4) is 0 Å². The molecule has 0 unspecified atom stereocenters. The summed E-state index contributed by atoms with van der Waals surface area (Å²) in [6.45, 7) is 2.02. The molecule has 70 valence electrons. The summed E-state index contributed by atoms with van der Waals surface area (Å²) in [5.74, 6) is 0. The molecule has 0 atom stereocenters. The second kappa shape index (κ2) is 3.32. The highest BCUT2D eigenvalue weighted by Gasteiger charge is 2.08. The Labute approximate surface area is 86.0 Å². The summed E-state index contributed by atoms with van der Waals surface area (Å²) in [6, 6.07) is 7.60. The number of fused-ring (bicyclic) bond motifs is 1. The number of nitrogens with zero attached hydrogens (tertiary/aromatic N) is 1. The molecule has 0 fully saturated rings. The SMILES string of the molecule is CCc1c(C#N)ccc2cc(O)sc12. The standard InChI is InChI=1S/C11H9NOS/c1-2-9-8(6-12)4-3-7-5-10(13)14-11(7)9/h3-5,13H,2H2,1H3. The summed E-state index contributed by atoms with van der Waals surface area (Å²) >= 11 is 1.34. The predicted molar refractivity (Wildman–Crippen MR) is 57.6 cm³/mol. The van der Waals surface area contributed by atoms with Crippen molar-refractivity contribution in [1.82, 2.24) is 0 Å². The molecular formula is C11H9NOS. The van der Waals surface area contributed by atoms with E-state index < -0.39 is 0 Å². The van der Waals surface area contributed by atoms with Gasteiger partial charge in [0.05, 0.1) is 11.6 Å². The normalized spacial score (nSPS) is 10.3. The van der Waals surface area contributed by atoms with Crippen LogP contribution in [0.1, 0.15) is 18.1 Å². The Kier molecular flexibility index (Phi) is 2.14. The highest BCUT2D eigenvalue weighted by molar-refractivity contribution is 7.20. The molecule has 1 N–H and O–H groups in total. The molecule has 0 saturated carbocycles. The summed E-state index contributed by atoms with van der Waals surface area (Å²) in [7, 11) is 0. The molecule has 2 nitrogen and oxygen atoms in total. The van der Waals surface area contributed by atoms with Gasteiger partial charge in [-0.3, -0.25) is 0 Å². The third kappa shape index (κ3) is 1.24. The molecule has 1 aromatic heterocycles. The van der Waals surface area contributed by atoms with E-state index >= 15 is 0 Å². The molecule has 0 aliphatic rings. The van der Waals surface area contributed by atoms with Gasteiger partial charge in [0.2, 0.25) is 0 Å². The summed E-state index contributed by atoms with van der Waals surface area (Å²) in [5.41, 5.74) is 1.75. The zero-order chi connectivity index (χ0) is 10.1. The minimum Gasteiger partial charge on any atom is -0.499 e. The van der Waals surface area contributed by atoms with Crippen molar-refractivity contribution < 1.29 is 5.11 Å². The van der Waals surface area contributed by atoms with Crippen LogP contribution >= 0.6 is 11.3 Å². The average molecular weight is 203 g/mol. The maximum atomic E-state index is 9.38. The second-order valence-corrected chi connectivity index (χ2v) is 4.09. The minimum absolute atomic E-state index is 0.310. The zero-order valence-electron chi connectivity index (χ0n) is 7.74. The van der Waals surface area contributed by atoms with Crippen molar-refractivity contribution in [3.63, 3.8) is 0 Å². The number of hydrogen-bond donors (Lipinski definition) is 1. The number of aromatic hydroxyl groups is 1. The van der Waals surface area contributed by atoms with Crippen molar-refractivity contribution in [1.29, 1.82) is 5.26 Å². The van der Waals surface area contributed by atoms with Gasteiger partial charge in [0, 0.05) is 4.70 Å². The Morgan fingerprint density at radius 1 is 1.50 bits per heavy atom. The van der Waals surface area contributed by atoms with E-state index in [2.05, 4.69) is 6.07 Å². The molecule has 1 aromatic carbocycles. The molecule has 3 heteroatoms. The Morgan fingerprint density at radius 2 is 2.29 bits per heavy atom. The smallest absolute Gasteiger partial charge is 0.172 e. The molecule has 0 bridgehead atoms. The van der Waals surface area contributed by atoms with Crippen LogP contribution in [0.15, 0.2) is 18.2 Å². The molecule has 0 spiro atoms. The van der Waals surface area contributed by atoms with Gasteiger partial charge < -0.3 is 5.11 Å². The highest BCUT2D eigenvalue weighted by Crippen LogP contribution is 2.34. The van der Waals surface area contributed by atoms with Crippen LogP contribution < -0.4 is 0 Å². The lowest BCUT2D eigenvalue weighted by Crippen LogP contribution is -1.86. The molecule has 0 radical (unpaired) electrons. The number of benzene rings is 1. The van der Waals surface area contributed by atoms with Crippen molar-refractivity contribution in [2.75, 3.05) is 0 Å². The minimum atomic E-state index is 0.310. The van der Waals surface area contributed by atoms with Crippen molar-refractivity contribution >= 4 is 21.4 Å². The number of nitriles is 1. The van der Waals surface area contributed by atoms with E-state index in [4.69, 9.17) is 5.26 Å². The molecule has 0 saturated heterocycles. The Balaban J connectivity index is 2.84. The number of rotatable bonds is 1. The first kappa shape index (κ1) is 9.04. The van der Waals surface area contributed by atoms with Crippen LogP contribution in [-0.4, -0.2) is 5.11 Å². The fourth-order valence-corrected chi connectivity index (χ4v) is 2.62. The van der Waals surface area contributed by atoms with Gasteiger partial charge >= 0.3 is 0 Å². The van der Waals surface area contributed by atoms with Crippen molar-refractivity contribution in [3.05, 3.63) is 29.3 Å². The van der Waals surface area contributed by atoms with Gasteiger partial charge in [0.1, 0.15) is 0 Å².